The summed E-state index contributed by atoms with van der Waals surface area (Å²) in [6.45, 7) is 4.28. The molecule has 0 amide bonds. The molecule has 4 nitrogen and oxygen atoms in total. The van der Waals surface area contributed by atoms with Crippen molar-refractivity contribution in [3.63, 3.8) is 0 Å². The Kier molecular flexibility index (Phi) is 8.94. The Morgan fingerprint density at radius 2 is 2.00 bits per heavy atom. The molecule has 128 valence electrons. The summed E-state index contributed by atoms with van der Waals surface area (Å²) in [6, 6.07) is 3.11. The first-order chi connectivity index (χ1) is 10.9. The first-order valence-corrected chi connectivity index (χ1v) is 7.96. The molecule has 0 fully saturated rings. The van der Waals surface area contributed by atoms with Crippen LogP contribution in [0, 0.1) is 0 Å². The standard InChI is InChI=1S/C15H17BrClF2NO3/c1-10(2)20-23-6-3-5-22-15-12(16)8-11(9-13(15)17)21-7-4-14(18)19/h4,8-9H,3,5-7H2,1-2H3. The third-order valence-electron chi connectivity index (χ3n) is 2.33. The minimum atomic E-state index is -1.79. The fraction of sp³-hybridized carbons (Fsp3) is 0.400. The van der Waals surface area contributed by atoms with Crippen molar-refractivity contribution in [3.8, 4) is 11.5 Å². The highest BCUT2D eigenvalue weighted by Gasteiger charge is 2.10. The van der Waals surface area contributed by atoms with Gasteiger partial charge in [-0.3, -0.25) is 0 Å². The zero-order valence-corrected chi connectivity index (χ0v) is 15.1. The second-order valence-electron chi connectivity index (χ2n) is 4.59. The van der Waals surface area contributed by atoms with Gasteiger partial charge < -0.3 is 14.3 Å². The maximum Gasteiger partial charge on any atom is 0.269 e. The normalized spacial score (nSPS) is 10.0. The van der Waals surface area contributed by atoms with Gasteiger partial charge in [-0.05, 0) is 35.8 Å². The van der Waals surface area contributed by atoms with E-state index in [2.05, 4.69) is 21.1 Å². The Morgan fingerprint density at radius 3 is 2.61 bits per heavy atom. The Morgan fingerprint density at radius 1 is 1.26 bits per heavy atom. The van der Waals surface area contributed by atoms with Crippen molar-refractivity contribution in [3.05, 3.63) is 33.8 Å². The molecule has 0 bridgehead atoms. The van der Waals surface area contributed by atoms with E-state index in [4.69, 9.17) is 25.9 Å². The van der Waals surface area contributed by atoms with Crippen molar-refractivity contribution in [2.75, 3.05) is 19.8 Å². The number of nitrogens with zero attached hydrogens (tertiary/aromatic N) is 1. The van der Waals surface area contributed by atoms with E-state index in [9.17, 15) is 8.78 Å². The van der Waals surface area contributed by atoms with Gasteiger partial charge in [0, 0.05) is 18.6 Å². The van der Waals surface area contributed by atoms with Gasteiger partial charge in [-0.1, -0.05) is 16.8 Å². The number of hydrogen-bond acceptors (Lipinski definition) is 4. The molecule has 0 aromatic heterocycles. The van der Waals surface area contributed by atoms with Crippen LogP contribution < -0.4 is 9.47 Å². The zero-order chi connectivity index (χ0) is 17.2. The molecule has 1 aromatic rings. The maximum atomic E-state index is 11.9. The van der Waals surface area contributed by atoms with Crippen LogP contribution in [0.25, 0.3) is 0 Å². The molecule has 0 aliphatic rings. The molecule has 0 atom stereocenters. The fourth-order valence-electron chi connectivity index (χ4n) is 1.43. The predicted octanol–water partition coefficient (Wildman–Crippen LogP) is 5.44. The van der Waals surface area contributed by atoms with Crippen LogP contribution >= 0.6 is 27.5 Å². The molecule has 0 unspecified atom stereocenters. The van der Waals surface area contributed by atoms with Crippen molar-refractivity contribution in [1.82, 2.24) is 0 Å². The maximum absolute atomic E-state index is 11.9. The minimum Gasteiger partial charge on any atom is -0.491 e. The highest BCUT2D eigenvalue weighted by molar-refractivity contribution is 9.10. The number of hydrogen-bond donors (Lipinski definition) is 0. The number of ether oxygens (including phenoxy) is 2. The average Bonchev–Trinajstić information content (AvgIpc) is 2.44. The molecule has 0 aliphatic heterocycles. The van der Waals surface area contributed by atoms with E-state index in [1.807, 2.05) is 13.8 Å². The smallest absolute Gasteiger partial charge is 0.269 e. The molecular formula is C15H17BrClF2NO3. The second-order valence-corrected chi connectivity index (χ2v) is 5.86. The Balaban J connectivity index is 2.50. The lowest BCUT2D eigenvalue weighted by Gasteiger charge is -2.12. The van der Waals surface area contributed by atoms with Crippen molar-refractivity contribution >= 4 is 33.2 Å². The number of oxime groups is 1. The van der Waals surface area contributed by atoms with Gasteiger partial charge in [0.05, 0.1) is 21.8 Å². The number of halogens is 4. The minimum absolute atomic E-state index is 0.236. The molecule has 0 spiro atoms. The topological polar surface area (TPSA) is 40.0 Å². The van der Waals surface area contributed by atoms with E-state index in [-0.39, 0.29) is 6.61 Å². The van der Waals surface area contributed by atoms with Crippen LogP contribution in [0.1, 0.15) is 20.3 Å². The van der Waals surface area contributed by atoms with E-state index in [0.717, 1.165) is 5.71 Å². The van der Waals surface area contributed by atoms with E-state index < -0.39 is 6.08 Å². The Hall–Kier alpha value is -1.34. The molecule has 1 rings (SSSR count). The molecule has 8 heteroatoms. The lowest BCUT2D eigenvalue weighted by atomic mass is 10.3. The van der Waals surface area contributed by atoms with Gasteiger partial charge in [0.25, 0.3) is 6.08 Å². The second kappa shape index (κ2) is 10.4. The third kappa shape index (κ3) is 8.18. The largest absolute Gasteiger partial charge is 0.491 e. The van der Waals surface area contributed by atoms with Gasteiger partial charge >= 0.3 is 0 Å². The highest BCUT2D eigenvalue weighted by atomic mass is 79.9. The first kappa shape index (κ1) is 19.7. The van der Waals surface area contributed by atoms with Crippen LogP contribution in [-0.2, 0) is 4.84 Å². The summed E-state index contributed by atoms with van der Waals surface area (Å²) in [4.78, 5) is 5.05. The molecular weight excluding hydrogens is 396 g/mol. The lowest BCUT2D eigenvalue weighted by Crippen LogP contribution is -2.03. The van der Waals surface area contributed by atoms with Crippen molar-refractivity contribution in [2.24, 2.45) is 5.16 Å². The molecule has 0 radical (unpaired) electrons. The summed E-state index contributed by atoms with van der Waals surface area (Å²) in [5.41, 5.74) is 0.842. The highest BCUT2D eigenvalue weighted by Crippen LogP contribution is 2.37. The van der Waals surface area contributed by atoms with Crippen LogP contribution in [-0.4, -0.2) is 25.5 Å². The SMILES string of the molecule is CC(C)=NOCCCOc1c(Cl)cc(OCC=C(F)F)cc1Br. The van der Waals surface area contributed by atoms with Crippen LogP contribution in [0.3, 0.4) is 0 Å². The third-order valence-corrected chi connectivity index (χ3v) is 3.20. The summed E-state index contributed by atoms with van der Waals surface area (Å²) in [5, 5.41) is 4.13. The van der Waals surface area contributed by atoms with Gasteiger partial charge in [0.15, 0.2) is 5.75 Å². The average molecular weight is 413 g/mol. The summed E-state index contributed by atoms with van der Waals surface area (Å²) < 4.78 is 35.2. The molecule has 0 aliphatic carbocycles. The van der Waals surface area contributed by atoms with Crippen molar-refractivity contribution in [1.29, 1.82) is 0 Å². The molecule has 0 heterocycles. The zero-order valence-electron chi connectivity index (χ0n) is 12.7. The fourth-order valence-corrected chi connectivity index (χ4v) is 2.36. The van der Waals surface area contributed by atoms with E-state index >= 15 is 0 Å². The predicted molar refractivity (Wildman–Crippen MR) is 89.8 cm³/mol. The Labute approximate surface area is 147 Å². The van der Waals surface area contributed by atoms with Crippen LogP contribution in [0.2, 0.25) is 5.02 Å². The van der Waals surface area contributed by atoms with Gasteiger partial charge in [-0.2, -0.15) is 8.78 Å². The number of benzene rings is 1. The summed E-state index contributed by atoms with van der Waals surface area (Å²) >= 11 is 9.42. The van der Waals surface area contributed by atoms with Crippen molar-refractivity contribution in [2.45, 2.75) is 20.3 Å². The molecule has 0 N–H and O–H groups in total. The summed E-state index contributed by atoms with van der Waals surface area (Å²) in [7, 11) is 0. The van der Waals surface area contributed by atoms with Gasteiger partial charge in [0.2, 0.25) is 0 Å². The van der Waals surface area contributed by atoms with E-state index in [0.29, 0.717) is 46.7 Å². The lowest BCUT2D eigenvalue weighted by molar-refractivity contribution is 0.127. The molecule has 1 aromatic carbocycles. The first-order valence-electron chi connectivity index (χ1n) is 6.79. The van der Waals surface area contributed by atoms with Gasteiger partial charge in [0.1, 0.15) is 19.0 Å². The quantitative estimate of drug-likeness (QED) is 0.308. The Bertz CT molecular complexity index is 551. The van der Waals surface area contributed by atoms with E-state index in [1.165, 1.54) is 6.07 Å². The number of rotatable bonds is 9. The monoisotopic (exact) mass is 411 g/mol. The van der Waals surface area contributed by atoms with Gasteiger partial charge in [-0.15, -0.1) is 0 Å². The van der Waals surface area contributed by atoms with Crippen LogP contribution in [0.4, 0.5) is 8.78 Å². The van der Waals surface area contributed by atoms with E-state index in [1.54, 1.807) is 6.07 Å². The van der Waals surface area contributed by atoms with Crippen LogP contribution in [0.15, 0.2) is 33.9 Å². The van der Waals surface area contributed by atoms with Crippen LogP contribution in [0.5, 0.6) is 11.5 Å². The molecule has 23 heavy (non-hydrogen) atoms. The molecule has 0 saturated heterocycles. The van der Waals surface area contributed by atoms with Gasteiger partial charge in [-0.25, -0.2) is 0 Å². The molecule has 0 saturated carbocycles. The van der Waals surface area contributed by atoms with Crippen molar-refractivity contribution < 1.29 is 23.1 Å². The summed E-state index contributed by atoms with van der Waals surface area (Å²) in [6.07, 6.45) is -0.481. The summed E-state index contributed by atoms with van der Waals surface area (Å²) in [5.74, 6) is 0.823.